The van der Waals surface area contributed by atoms with Crippen molar-refractivity contribution >= 4 is 70.8 Å². The minimum absolute atomic E-state index is 0.00341. The van der Waals surface area contributed by atoms with Crippen molar-refractivity contribution in [2.24, 2.45) is 28.6 Å². The molecule has 3 aromatic carbocycles. The number of nitrogens with zero attached hydrogens (tertiary/aromatic N) is 14. The number of carbonyl (C=O) groups excluding carboxylic acids is 6. The first-order chi connectivity index (χ1) is 66.4. The number of nitrogens with two attached hydrogens (primary N) is 2. The first-order valence-corrected chi connectivity index (χ1v) is 47.2. The monoisotopic (exact) mass is 1960 g/mol. The van der Waals surface area contributed by atoms with Gasteiger partial charge in [0.05, 0.1) is 47.8 Å². The zero-order valence-corrected chi connectivity index (χ0v) is 85.5. The first-order valence-electron chi connectivity index (χ1n) is 46.8. The second-order valence-electron chi connectivity index (χ2n) is 41.2. The van der Waals surface area contributed by atoms with E-state index in [9.17, 15) is 43.2 Å². The second-order valence-corrected chi connectivity index (χ2v) is 41.6. The number of amides is 6. The molecule has 7 N–H and O–H groups in total. The maximum Gasteiger partial charge on any atom is 0.425 e. The number of rotatable bonds is 21. The van der Waals surface area contributed by atoms with E-state index in [1.165, 1.54) is 24.5 Å². The van der Waals surface area contributed by atoms with Crippen molar-refractivity contribution in [1.82, 2.24) is 64.6 Å². The number of benzene rings is 3. The molecule has 37 heteroatoms. The fourth-order valence-electron chi connectivity index (χ4n) is 14.5. The Kier molecular flexibility index (Phi) is 33.7. The third kappa shape index (κ3) is 29.9. The topological polar surface area (TPSA) is 468 Å². The largest absolute Gasteiger partial charge is 0.444 e. The molecule has 0 spiro atoms. The molecule has 36 nitrogen and oxygen atoms in total. The molecule has 752 valence electrons. The van der Waals surface area contributed by atoms with Crippen LogP contribution < -0.4 is 48.6 Å². The summed E-state index contributed by atoms with van der Waals surface area (Å²) in [5.41, 5.74) is 16.5. The number of aromatic nitrogens is 11. The molecular formula is C105H127ClN18O18. The Morgan fingerprint density at radius 1 is 0.451 bits per heavy atom. The number of nitrogens with one attached hydrogen (secondary N) is 2. The molecule has 6 atom stereocenters. The summed E-state index contributed by atoms with van der Waals surface area (Å²) in [4.78, 5) is 144. The molecule has 3 fully saturated rings. The average Bonchev–Trinajstić information content (AvgIpc) is 1.30. The molecule has 0 bridgehead atoms. The van der Waals surface area contributed by atoms with Crippen LogP contribution in [-0.2, 0) is 28.4 Å². The van der Waals surface area contributed by atoms with Crippen LogP contribution in [0.1, 0.15) is 269 Å². The Morgan fingerprint density at radius 3 is 1.16 bits per heavy atom. The van der Waals surface area contributed by atoms with Gasteiger partial charge in [0.1, 0.15) is 45.0 Å². The zero-order chi connectivity index (χ0) is 104. The lowest BCUT2D eigenvalue weighted by Gasteiger charge is -2.28. The quantitative estimate of drug-likeness (QED) is 0.0147. The number of ether oxygens (including phenoxy) is 6. The number of oxime groups is 1. The van der Waals surface area contributed by atoms with Gasteiger partial charge in [-0.1, -0.05) is 81.7 Å². The van der Waals surface area contributed by atoms with E-state index in [0.717, 1.165) is 66.3 Å². The van der Waals surface area contributed by atoms with Crippen molar-refractivity contribution in [2.75, 3.05) is 15.5 Å². The van der Waals surface area contributed by atoms with Crippen molar-refractivity contribution in [3.05, 3.63) is 218 Å². The van der Waals surface area contributed by atoms with E-state index in [-0.39, 0.29) is 86.7 Å². The molecule has 8 heterocycles. The van der Waals surface area contributed by atoms with E-state index in [1.807, 2.05) is 95.4 Å². The van der Waals surface area contributed by atoms with E-state index in [4.69, 9.17) is 82.1 Å². The molecule has 8 aromatic heterocycles. The smallest absolute Gasteiger partial charge is 0.425 e. The van der Waals surface area contributed by atoms with Gasteiger partial charge in [0.25, 0.3) is 16.7 Å². The fourth-order valence-corrected chi connectivity index (χ4v) is 14.7. The number of hydrogen-bond acceptors (Lipinski definition) is 29. The Balaban J connectivity index is 0.000000191. The first kappa shape index (κ1) is 108. The standard InChI is InChI=1S/C40H50N6O8.C26H32N4O5.C25H26N6O2.C14H19ClN2O3/c1-23(42-35(48)51-38(3,4)5)26-13-12-14-27(19-26)29-20-31(54-44-29)33-34(46(36(49)52-39(6,7)8)37(50)53-40(9,10)11)41-21-30(43-33)28-17-18-32(47)45(22-28)24(2)25-15-16-25;1-9-19-22(30(23(32)34-25(3,4)5)24(33)35-26(6,7)8)27-14-20(28-19)18-12-13-21(31)29(15-18)16(2)17-10-11-17;1-14(26)17-4-3-5-18(10-17)20-11-22(33-30-20)24-25(27)28-12-21(29-24)19-8-9-23(32)31(13-19)15(2)16-6-7-16;1-9(16-13(18)20-14(2,3)4)10-6-5-7-11(8-10)12(15)17-19/h12-14,17-25H,15-16H2,1-11H3,(H,42,48);1,12-17H,10-11H2,2-8H3;3-5,8-16H,6-7,26H2,1-2H3,(H2,27,28);5-9,19H,1-4H3,(H,16,18)/b;;;17-12-. The van der Waals surface area contributed by atoms with E-state index < -0.39 is 76.2 Å². The summed E-state index contributed by atoms with van der Waals surface area (Å²) in [6.45, 7) is 42.6. The van der Waals surface area contributed by atoms with E-state index in [1.54, 1.807) is 212 Å². The number of carbonyl (C=O) groups is 6. The highest BCUT2D eigenvalue weighted by molar-refractivity contribution is 6.69. The molecule has 0 saturated heterocycles. The van der Waals surface area contributed by atoms with Crippen LogP contribution >= 0.6 is 11.6 Å². The maximum absolute atomic E-state index is 13.7. The molecule has 6 amide bonds. The van der Waals surface area contributed by atoms with E-state index in [2.05, 4.69) is 58.9 Å². The predicted molar refractivity (Wildman–Crippen MR) is 540 cm³/mol. The summed E-state index contributed by atoms with van der Waals surface area (Å²) in [7, 11) is 0. The van der Waals surface area contributed by atoms with Crippen LogP contribution in [0.5, 0.6) is 0 Å². The van der Waals surface area contributed by atoms with Gasteiger partial charge < -0.3 is 78.5 Å². The normalized spacial score (nSPS) is 14.6. The lowest BCUT2D eigenvalue weighted by Crippen LogP contribution is -2.44. The van der Waals surface area contributed by atoms with E-state index in [0.29, 0.717) is 89.7 Å². The van der Waals surface area contributed by atoms with Gasteiger partial charge in [-0.15, -0.1) is 6.42 Å². The van der Waals surface area contributed by atoms with Gasteiger partial charge in [0, 0.05) is 106 Å². The van der Waals surface area contributed by atoms with Gasteiger partial charge in [-0.2, -0.15) is 9.80 Å². The average molecular weight is 1960 g/mol. The van der Waals surface area contributed by atoms with Crippen LogP contribution in [0.4, 0.5) is 46.2 Å². The Morgan fingerprint density at radius 2 is 0.789 bits per heavy atom. The zero-order valence-electron chi connectivity index (χ0n) is 84.7. The van der Waals surface area contributed by atoms with Crippen molar-refractivity contribution in [3.8, 4) is 91.5 Å². The molecule has 3 saturated carbocycles. The molecule has 3 aliphatic carbocycles. The van der Waals surface area contributed by atoms with Gasteiger partial charge >= 0.3 is 36.6 Å². The van der Waals surface area contributed by atoms with Crippen LogP contribution in [-0.4, -0.2) is 134 Å². The molecular weight excluding hydrogens is 1840 g/mol. The molecule has 6 unspecified atom stereocenters. The molecule has 3 aliphatic rings. The Bertz CT molecular complexity index is 6640. The Hall–Kier alpha value is -14.7. The Labute approximate surface area is 830 Å². The SMILES string of the molecule is C#Cc1nc(-c2ccc(=O)n(C(C)C3CC3)c2)cnc1N(C(=O)OC(C)(C)C)C(=O)OC(C)(C)C.CC(N)c1cccc(-c2cc(-c3nc(-c4ccc(=O)n(C(C)C5CC5)c4)cnc3N)on2)c1.CC(NC(=O)OC(C)(C)C)c1cccc(-c2cc(-c3nc(-c4ccc(=O)n(C(C)C5CC5)c4)cnc3N(C(=O)OC(C)(C)C)C(=O)OC(C)(C)C)on2)c1.CC(NC(=O)OC(C)(C)C)c1cccc(/C(Cl)=N/O)c1. The van der Waals surface area contributed by atoms with Crippen LogP contribution in [0.25, 0.3) is 79.2 Å². The van der Waals surface area contributed by atoms with Crippen LogP contribution in [0, 0.1) is 30.1 Å². The third-order valence-electron chi connectivity index (χ3n) is 22.2. The molecule has 14 rings (SSSR count). The van der Waals surface area contributed by atoms with Gasteiger partial charge in [-0.05, 0) is 281 Å². The van der Waals surface area contributed by atoms with Crippen LogP contribution in [0.2, 0.25) is 0 Å². The number of pyridine rings is 3. The number of terminal acetylenes is 1. The van der Waals surface area contributed by atoms with E-state index >= 15 is 0 Å². The summed E-state index contributed by atoms with van der Waals surface area (Å²) < 4.78 is 49.3. The number of imide groups is 2. The fraction of sp³-hybridized carbons (Fsp3) is 0.429. The number of anilines is 3. The summed E-state index contributed by atoms with van der Waals surface area (Å²) in [6, 6.07) is 34.7. The summed E-state index contributed by atoms with van der Waals surface area (Å²) in [5, 5.41) is 25.7. The summed E-state index contributed by atoms with van der Waals surface area (Å²) in [5.74, 6) is 4.20. The summed E-state index contributed by atoms with van der Waals surface area (Å²) >= 11 is 5.75. The minimum Gasteiger partial charge on any atom is -0.444 e. The van der Waals surface area contributed by atoms with Crippen molar-refractivity contribution in [3.63, 3.8) is 0 Å². The van der Waals surface area contributed by atoms with Gasteiger partial charge in [-0.25, -0.2) is 58.7 Å². The van der Waals surface area contributed by atoms with Gasteiger partial charge in [-0.3, -0.25) is 14.4 Å². The van der Waals surface area contributed by atoms with Gasteiger partial charge in [0.15, 0.2) is 51.2 Å². The van der Waals surface area contributed by atoms with Crippen molar-refractivity contribution in [2.45, 2.75) is 275 Å². The van der Waals surface area contributed by atoms with Crippen LogP contribution in [0.15, 0.2) is 187 Å². The molecule has 11 aromatic rings. The van der Waals surface area contributed by atoms with Crippen LogP contribution in [0.3, 0.4) is 0 Å². The third-order valence-corrected chi connectivity index (χ3v) is 22.5. The van der Waals surface area contributed by atoms with Gasteiger partial charge in [0.2, 0.25) is 0 Å². The number of halogens is 1. The highest BCUT2D eigenvalue weighted by Gasteiger charge is 2.41. The number of hydrogen-bond donors (Lipinski definition) is 5. The number of nitrogen functional groups attached to an aromatic ring is 1. The minimum atomic E-state index is -1.04. The highest BCUT2D eigenvalue weighted by atomic mass is 35.5. The van der Waals surface area contributed by atoms with Crippen molar-refractivity contribution < 1.29 is 71.4 Å². The molecule has 0 radical (unpaired) electrons. The highest BCUT2D eigenvalue weighted by Crippen LogP contribution is 2.43. The predicted octanol–water partition coefficient (Wildman–Crippen LogP) is 21.6. The molecule has 0 aliphatic heterocycles. The molecule has 142 heavy (non-hydrogen) atoms. The maximum atomic E-state index is 13.7. The second kappa shape index (κ2) is 44.4. The number of alkyl carbamates (subject to hydrolysis) is 2. The summed E-state index contributed by atoms with van der Waals surface area (Å²) in [6.07, 6.45) is 17.0. The lowest BCUT2D eigenvalue weighted by atomic mass is 10.0. The lowest BCUT2D eigenvalue weighted by molar-refractivity contribution is 0.0406. The van der Waals surface area contributed by atoms with Crippen molar-refractivity contribution in [1.29, 1.82) is 0 Å².